The summed E-state index contributed by atoms with van der Waals surface area (Å²) in [5.41, 5.74) is -0.767. The molecule has 0 radical (unpaired) electrons. The van der Waals surface area contributed by atoms with E-state index in [0.717, 1.165) is 32.1 Å². The number of carboxylic acid groups (broad SMARTS) is 1. The molecule has 1 N–H and O–H groups in total. The Kier molecular flexibility index (Phi) is 8.13. The number of hydrogen-bond acceptors (Lipinski definition) is 8. The summed E-state index contributed by atoms with van der Waals surface area (Å²) in [4.78, 5) is 76.2. The number of ketones is 2. The standard InChI is InChI=1S/C32H43NO9/c1-19(34)42-32(26(36)18-41-28(38)9-8-27(37)33-16-4-5-25(33)29(39)40)15-12-24-22-7-6-20-17-21(35)10-13-30(20,2)23(22)11-14-31(24,32)3/h17,22-25H,4-16,18H2,1-3H3,(H,39,40)/t22-,23+,24+,25+,30+,31+,32+/m1/s1. The van der Waals surface area contributed by atoms with Crippen LogP contribution in [0.25, 0.3) is 0 Å². The van der Waals surface area contributed by atoms with Crippen molar-refractivity contribution >= 4 is 35.4 Å². The van der Waals surface area contributed by atoms with E-state index in [0.29, 0.717) is 50.5 Å². The fourth-order valence-electron chi connectivity index (χ4n) is 9.49. The quantitative estimate of drug-likeness (QED) is 0.421. The van der Waals surface area contributed by atoms with Crippen molar-refractivity contribution in [2.45, 2.75) is 109 Å². The molecule has 7 atom stereocenters. The molecule has 1 amide bonds. The number of esters is 2. The molecule has 1 saturated heterocycles. The molecule has 4 aliphatic carbocycles. The van der Waals surface area contributed by atoms with Crippen molar-refractivity contribution in [1.82, 2.24) is 4.90 Å². The molecule has 42 heavy (non-hydrogen) atoms. The number of nitrogens with zero attached hydrogens (tertiary/aromatic N) is 1. The molecule has 10 nitrogen and oxygen atoms in total. The van der Waals surface area contributed by atoms with Crippen LogP contribution in [0.1, 0.15) is 97.8 Å². The molecule has 0 aromatic rings. The summed E-state index contributed by atoms with van der Waals surface area (Å²) in [5, 5.41) is 9.31. The molecule has 5 rings (SSSR count). The zero-order chi connectivity index (χ0) is 30.4. The zero-order valence-corrected chi connectivity index (χ0v) is 24.9. The van der Waals surface area contributed by atoms with Crippen molar-refractivity contribution in [2.24, 2.45) is 28.6 Å². The lowest BCUT2D eigenvalue weighted by atomic mass is 9.46. The van der Waals surface area contributed by atoms with E-state index in [1.54, 1.807) is 0 Å². The van der Waals surface area contributed by atoms with Crippen molar-refractivity contribution in [3.63, 3.8) is 0 Å². The van der Waals surface area contributed by atoms with E-state index in [2.05, 4.69) is 13.8 Å². The number of ether oxygens (including phenoxy) is 2. The van der Waals surface area contributed by atoms with Crippen molar-refractivity contribution in [2.75, 3.05) is 13.2 Å². The average Bonchev–Trinajstić information content (AvgIpc) is 3.54. The predicted octanol–water partition coefficient (Wildman–Crippen LogP) is 3.79. The number of aliphatic carboxylic acids is 1. The highest BCUT2D eigenvalue weighted by Gasteiger charge is 2.68. The Bertz CT molecular complexity index is 1220. The smallest absolute Gasteiger partial charge is 0.326 e. The van der Waals surface area contributed by atoms with Crippen LogP contribution >= 0.6 is 0 Å². The maximum absolute atomic E-state index is 13.9. The van der Waals surface area contributed by atoms with Crippen LogP contribution in [0.3, 0.4) is 0 Å². The summed E-state index contributed by atoms with van der Waals surface area (Å²) in [6.07, 6.45) is 8.26. The van der Waals surface area contributed by atoms with Gasteiger partial charge in [0.2, 0.25) is 11.7 Å². The van der Waals surface area contributed by atoms with Crippen LogP contribution in [0.4, 0.5) is 0 Å². The van der Waals surface area contributed by atoms with Crippen LogP contribution in [-0.2, 0) is 38.2 Å². The van der Waals surface area contributed by atoms with Crippen LogP contribution in [0, 0.1) is 28.6 Å². The lowest BCUT2D eigenvalue weighted by molar-refractivity contribution is -0.191. The second-order valence-corrected chi connectivity index (χ2v) is 13.6. The van der Waals surface area contributed by atoms with Crippen LogP contribution in [0.2, 0.25) is 0 Å². The lowest BCUT2D eigenvalue weighted by Gasteiger charge is -2.59. The monoisotopic (exact) mass is 585 g/mol. The van der Waals surface area contributed by atoms with Crippen LogP contribution in [0.15, 0.2) is 11.6 Å². The number of amides is 1. The summed E-state index contributed by atoms with van der Waals surface area (Å²) < 4.78 is 11.3. The summed E-state index contributed by atoms with van der Waals surface area (Å²) in [6, 6.07) is -0.875. The molecule has 230 valence electrons. The molecule has 1 heterocycles. The van der Waals surface area contributed by atoms with Gasteiger partial charge in [-0.15, -0.1) is 0 Å². The highest BCUT2D eigenvalue weighted by atomic mass is 16.6. The van der Waals surface area contributed by atoms with Crippen LogP contribution in [0.5, 0.6) is 0 Å². The SMILES string of the molecule is CC(=O)O[C@]1(C(=O)COC(=O)CCC(=O)N2CCC[C@H]2C(=O)O)CC[C@H]2[C@@H]3CCC4=CC(=O)CC[C@]4(C)[C@H]3CC[C@@]21C. The molecule has 0 aromatic carbocycles. The number of carbonyl (C=O) groups is 6. The molecular formula is C32H43NO9. The normalized spacial score (nSPS) is 37.2. The Balaban J connectivity index is 1.26. The topological polar surface area (TPSA) is 144 Å². The number of likely N-dealkylation sites (tertiary alicyclic amines) is 1. The minimum atomic E-state index is -1.39. The molecule has 3 saturated carbocycles. The first-order chi connectivity index (χ1) is 19.8. The predicted molar refractivity (Wildman–Crippen MR) is 149 cm³/mol. The Hall–Kier alpha value is -3.04. The Morgan fingerprint density at radius 2 is 1.71 bits per heavy atom. The first-order valence-electron chi connectivity index (χ1n) is 15.5. The minimum Gasteiger partial charge on any atom is -0.480 e. The number of hydrogen-bond donors (Lipinski definition) is 1. The second kappa shape index (κ2) is 11.2. The van der Waals surface area contributed by atoms with Gasteiger partial charge in [0.05, 0.1) is 6.42 Å². The third-order valence-electron chi connectivity index (χ3n) is 11.6. The second-order valence-electron chi connectivity index (χ2n) is 13.6. The number of fused-ring (bicyclic) bond motifs is 5. The first-order valence-corrected chi connectivity index (χ1v) is 15.5. The van der Waals surface area contributed by atoms with Crippen molar-refractivity contribution < 1.29 is 43.3 Å². The van der Waals surface area contributed by atoms with Gasteiger partial charge in [-0.1, -0.05) is 19.4 Å². The third-order valence-corrected chi connectivity index (χ3v) is 11.6. The Labute approximate surface area is 246 Å². The maximum Gasteiger partial charge on any atom is 0.326 e. The van der Waals surface area contributed by atoms with Gasteiger partial charge in [-0.25, -0.2) is 4.79 Å². The van der Waals surface area contributed by atoms with Gasteiger partial charge in [0.1, 0.15) is 6.04 Å². The molecule has 0 aromatic heterocycles. The zero-order valence-electron chi connectivity index (χ0n) is 24.9. The van der Waals surface area contributed by atoms with E-state index in [1.165, 1.54) is 17.4 Å². The van der Waals surface area contributed by atoms with E-state index in [1.807, 2.05) is 6.08 Å². The maximum atomic E-state index is 13.9. The molecule has 10 heteroatoms. The minimum absolute atomic E-state index is 0.0264. The largest absolute Gasteiger partial charge is 0.480 e. The van der Waals surface area contributed by atoms with Gasteiger partial charge < -0.3 is 19.5 Å². The van der Waals surface area contributed by atoms with E-state index in [-0.39, 0.29) is 30.0 Å². The van der Waals surface area contributed by atoms with Crippen molar-refractivity contribution in [3.8, 4) is 0 Å². The fraction of sp³-hybridized carbons (Fsp3) is 0.750. The number of allylic oxidation sites excluding steroid dienone is 1. The molecule has 0 spiro atoms. The Morgan fingerprint density at radius 1 is 0.976 bits per heavy atom. The summed E-state index contributed by atoms with van der Waals surface area (Å²) in [7, 11) is 0. The number of Topliss-reactive ketones (excluding diaryl/α,β-unsaturated/α-hetero) is 1. The van der Waals surface area contributed by atoms with E-state index in [9.17, 15) is 33.9 Å². The fourth-order valence-corrected chi connectivity index (χ4v) is 9.49. The highest BCUT2D eigenvalue weighted by Crippen LogP contribution is 2.68. The number of carboxylic acids is 1. The first kappa shape index (κ1) is 30.4. The molecule has 0 unspecified atom stereocenters. The molecule has 0 bridgehead atoms. The van der Waals surface area contributed by atoms with Crippen LogP contribution in [-0.4, -0.2) is 70.2 Å². The average molecular weight is 586 g/mol. The molecular weight excluding hydrogens is 542 g/mol. The van der Waals surface area contributed by atoms with Gasteiger partial charge in [-0.3, -0.25) is 24.0 Å². The van der Waals surface area contributed by atoms with Crippen LogP contribution < -0.4 is 0 Å². The van der Waals surface area contributed by atoms with Gasteiger partial charge in [-0.2, -0.15) is 0 Å². The summed E-state index contributed by atoms with van der Waals surface area (Å²) >= 11 is 0. The molecule has 5 aliphatic rings. The van der Waals surface area contributed by atoms with Gasteiger partial charge in [0.25, 0.3) is 0 Å². The molecule has 1 aliphatic heterocycles. The summed E-state index contributed by atoms with van der Waals surface area (Å²) in [5.74, 6) is -2.08. The van der Waals surface area contributed by atoms with Gasteiger partial charge in [0.15, 0.2) is 18.0 Å². The van der Waals surface area contributed by atoms with E-state index < -0.39 is 53.3 Å². The van der Waals surface area contributed by atoms with E-state index in [4.69, 9.17) is 9.47 Å². The van der Waals surface area contributed by atoms with Crippen molar-refractivity contribution in [3.05, 3.63) is 11.6 Å². The van der Waals surface area contributed by atoms with Gasteiger partial charge in [0, 0.05) is 31.7 Å². The highest BCUT2D eigenvalue weighted by molar-refractivity contribution is 5.94. The van der Waals surface area contributed by atoms with Crippen molar-refractivity contribution in [1.29, 1.82) is 0 Å². The lowest BCUT2D eigenvalue weighted by Crippen LogP contribution is -2.59. The van der Waals surface area contributed by atoms with Gasteiger partial charge >= 0.3 is 17.9 Å². The summed E-state index contributed by atoms with van der Waals surface area (Å²) in [6.45, 7) is 5.43. The third kappa shape index (κ3) is 4.98. The molecule has 4 fully saturated rings. The Morgan fingerprint density at radius 3 is 2.43 bits per heavy atom. The number of carbonyl (C=O) groups excluding carboxylic acids is 5. The van der Waals surface area contributed by atoms with E-state index >= 15 is 0 Å². The number of rotatable bonds is 8. The van der Waals surface area contributed by atoms with Gasteiger partial charge in [-0.05, 0) is 87.0 Å².